The Morgan fingerprint density at radius 3 is 2.50 bits per heavy atom. The first-order valence-electron chi connectivity index (χ1n) is 8.87. The van der Waals surface area contributed by atoms with Crippen molar-refractivity contribution in [3.63, 3.8) is 0 Å². The third kappa shape index (κ3) is 4.51. The van der Waals surface area contributed by atoms with Gasteiger partial charge in [0.25, 0.3) is 0 Å². The van der Waals surface area contributed by atoms with Crippen molar-refractivity contribution in [2.24, 2.45) is 0 Å². The zero-order valence-electron chi connectivity index (χ0n) is 16.0. The van der Waals surface area contributed by atoms with Crippen LogP contribution in [0.2, 0.25) is 0 Å². The molecule has 1 N–H and O–H groups in total. The van der Waals surface area contributed by atoms with E-state index < -0.39 is 5.82 Å². The fraction of sp³-hybridized carbons (Fsp3) is 0.250. The molecule has 0 aliphatic rings. The van der Waals surface area contributed by atoms with Crippen molar-refractivity contribution in [2.75, 3.05) is 30.1 Å². The van der Waals surface area contributed by atoms with Crippen LogP contribution < -0.4 is 10.2 Å². The van der Waals surface area contributed by atoms with Gasteiger partial charge >= 0.3 is 0 Å². The molecule has 0 radical (unpaired) electrons. The Labute approximate surface area is 167 Å². The molecule has 1 heterocycles. The van der Waals surface area contributed by atoms with Gasteiger partial charge in [0.2, 0.25) is 5.91 Å². The number of carbonyl (C=O) groups excluding carboxylic acids is 1. The SMILES string of the molecule is CCn1c(SCC(=O)Nc2ccccc2F)nnc1-c1ccc(N(C)C)cc1. The molecule has 1 aromatic heterocycles. The molecule has 146 valence electrons. The molecule has 0 saturated heterocycles. The molecular weight excluding hydrogens is 377 g/mol. The molecule has 0 saturated carbocycles. The number of amides is 1. The number of benzene rings is 2. The van der Waals surface area contributed by atoms with Gasteiger partial charge in [-0.25, -0.2) is 4.39 Å². The lowest BCUT2D eigenvalue weighted by Gasteiger charge is -2.13. The lowest BCUT2D eigenvalue weighted by molar-refractivity contribution is -0.113. The predicted molar refractivity (Wildman–Crippen MR) is 111 cm³/mol. The Hall–Kier alpha value is -2.87. The third-order valence-corrected chi connectivity index (χ3v) is 5.12. The molecule has 0 aliphatic carbocycles. The molecule has 1 amide bonds. The zero-order valence-corrected chi connectivity index (χ0v) is 16.8. The average molecular weight is 399 g/mol. The van der Waals surface area contributed by atoms with E-state index in [2.05, 4.69) is 15.5 Å². The maximum atomic E-state index is 13.7. The molecule has 28 heavy (non-hydrogen) atoms. The number of nitrogens with zero attached hydrogens (tertiary/aromatic N) is 4. The van der Waals surface area contributed by atoms with Gasteiger partial charge in [-0.1, -0.05) is 23.9 Å². The predicted octanol–water partition coefficient (Wildman–Crippen LogP) is 3.90. The maximum Gasteiger partial charge on any atom is 0.234 e. The van der Waals surface area contributed by atoms with Crippen LogP contribution in [0.4, 0.5) is 15.8 Å². The van der Waals surface area contributed by atoms with Crippen molar-refractivity contribution in [1.82, 2.24) is 14.8 Å². The number of para-hydroxylation sites is 1. The third-order valence-electron chi connectivity index (χ3n) is 4.16. The summed E-state index contributed by atoms with van der Waals surface area (Å²) in [7, 11) is 3.98. The Morgan fingerprint density at radius 1 is 1.14 bits per heavy atom. The molecule has 0 atom stereocenters. The summed E-state index contributed by atoms with van der Waals surface area (Å²) in [5, 5.41) is 11.8. The van der Waals surface area contributed by atoms with Crippen molar-refractivity contribution in [1.29, 1.82) is 0 Å². The van der Waals surface area contributed by atoms with Crippen molar-refractivity contribution in [3.05, 3.63) is 54.3 Å². The van der Waals surface area contributed by atoms with Gasteiger partial charge in [0, 0.05) is 31.9 Å². The Morgan fingerprint density at radius 2 is 1.86 bits per heavy atom. The van der Waals surface area contributed by atoms with Crippen molar-refractivity contribution < 1.29 is 9.18 Å². The number of hydrogen-bond acceptors (Lipinski definition) is 5. The summed E-state index contributed by atoms with van der Waals surface area (Å²) >= 11 is 1.28. The molecule has 0 aliphatic heterocycles. The second kappa shape index (κ2) is 8.88. The average Bonchev–Trinajstić information content (AvgIpc) is 3.11. The van der Waals surface area contributed by atoms with Gasteiger partial charge in [-0.3, -0.25) is 4.79 Å². The fourth-order valence-electron chi connectivity index (χ4n) is 2.68. The van der Waals surface area contributed by atoms with Crippen LogP contribution in [0.15, 0.2) is 53.7 Å². The van der Waals surface area contributed by atoms with Crippen molar-refractivity contribution in [3.8, 4) is 11.4 Å². The van der Waals surface area contributed by atoms with Crippen molar-refractivity contribution >= 4 is 29.0 Å². The lowest BCUT2D eigenvalue weighted by Crippen LogP contribution is -2.15. The number of thioether (sulfide) groups is 1. The highest BCUT2D eigenvalue weighted by molar-refractivity contribution is 7.99. The van der Waals surface area contributed by atoms with Crippen LogP contribution in [0.5, 0.6) is 0 Å². The summed E-state index contributed by atoms with van der Waals surface area (Å²) in [6, 6.07) is 14.2. The van der Waals surface area contributed by atoms with Crippen LogP contribution in [0, 0.1) is 5.82 Å². The number of halogens is 1. The minimum atomic E-state index is -0.457. The smallest absolute Gasteiger partial charge is 0.234 e. The van der Waals surface area contributed by atoms with E-state index in [9.17, 15) is 9.18 Å². The van der Waals surface area contributed by atoms with Crippen molar-refractivity contribution in [2.45, 2.75) is 18.6 Å². The number of anilines is 2. The summed E-state index contributed by atoms with van der Waals surface area (Å²) in [5.74, 6) is 0.120. The first-order valence-corrected chi connectivity index (χ1v) is 9.86. The van der Waals surface area contributed by atoms with E-state index in [0.29, 0.717) is 11.7 Å². The van der Waals surface area contributed by atoms with E-state index in [1.807, 2.05) is 54.8 Å². The standard InChI is InChI=1S/C20H22FN5OS/c1-4-26-19(14-9-11-15(12-10-14)25(2)3)23-24-20(26)28-13-18(27)22-17-8-6-5-7-16(17)21/h5-12H,4,13H2,1-3H3,(H,22,27). The Bertz CT molecular complexity index is 955. The first kappa shape index (κ1) is 19.9. The highest BCUT2D eigenvalue weighted by Gasteiger charge is 2.15. The van der Waals surface area contributed by atoms with Crippen LogP contribution >= 0.6 is 11.8 Å². The molecule has 3 aromatic rings. The molecule has 8 heteroatoms. The normalized spacial score (nSPS) is 10.7. The van der Waals surface area contributed by atoms with E-state index in [1.165, 1.54) is 23.9 Å². The lowest BCUT2D eigenvalue weighted by atomic mass is 10.2. The monoisotopic (exact) mass is 399 g/mol. The number of hydrogen-bond donors (Lipinski definition) is 1. The second-order valence-corrected chi connectivity index (χ2v) is 7.25. The molecule has 0 bridgehead atoms. The summed E-state index contributed by atoms with van der Waals surface area (Å²) in [4.78, 5) is 14.2. The second-order valence-electron chi connectivity index (χ2n) is 6.31. The van der Waals surface area contributed by atoms with Gasteiger partial charge in [0.1, 0.15) is 5.82 Å². The van der Waals surface area contributed by atoms with Gasteiger partial charge in [0.05, 0.1) is 11.4 Å². The fourth-order valence-corrected chi connectivity index (χ4v) is 3.48. The van der Waals surface area contributed by atoms with E-state index >= 15 is 0 Å². The molecular formula is C20H22FN5OS. The molecule has 0 fully saturated rings. The number of aromatic nitrogens is 3. The van der Waals surface area contributed by atoms with Gasteiger partial charge in [0.15, 0.2) is 11.0 Å². The Kier molecular flexibility index (Phi) is 6.30. The summed E-state index contributed by atoms with van der Waals surface area (Å²) < 4.78 is 15.6. The molecule has 0 unspecified atom stereocenters. The van der Waals surface area contributed by atoms with Gasteiger partial charge in [-0.05, 0) is 43.3 Å². The van der Waals surface area contributed by atoms with Crippen LogP contribution in [0.1, 0.15) is 6.92 Å². The maximum absolute atomic E-state index is 13.7. The number of rotatable bonds is 7. The van der Waals surface area contributed by atoms with Crippen LogP contribution in [0.3, 0.4) is 0 Å². The molecule has 2 aromatic carbocycles. The van der Waals surface area contributed by atoms with E-state index in [4.69, 9.17) is 0 Å². The topological polar surface area (TPSA) is 63.1 Å². The number of carbonyl (C=O) groups is 1. The molecule has 3 rings (SSSR count). The van der Waals surface area contributed by atoms with E-state index in [-0.39, 0.29) is 17.3 Å². The van der Waals surface area contributed by atoms with E-state index in [1.54, 1.807) is 12.1 Å². The van der Waals surface area contributed by atoms with E-state index in [0.717, 1.165) is 17.1 Å². The zero-order chi connectivity index (χ0) is 20.1. The number of nitrogens with one attached hydrogen (secondary N) is 1. The highest BCUT2D eigenvalue weighted by Crippen LogP contribution is 2.26. The largest absolute Gasteiger partial charge is 0.378 e. The van der Waals surface area contributed by atoms with Gasteiger partial charge in [-0.15, -0.1) is 10.2 Å². The van der Waals surface area contributed by atoms with Crippen LogP contribution in [0.25, 0.3) is 11.4 Å². The van der Waals surface area contributed by atoms with Gasteiger partial charge in [-0.2, -0.15) is 0 Å². The minimum Gasteiger partial charge on any atom is -0.378 e. The quantitative estimate of drug-likeness (QED) is 0.611. The summed E-state index contributed by atoms with van der Waals surface area (Å²) in [6.45, 7) is 2.68. The highest BCUT2D eigenvalue weighted by atomic mass is 32.2. The summed E-state index contributed by atoms with van der Waals surface area (Å²) in [6.07, 6.45) is 0. The molecule has 6 nitrogen and oxygen atoms in total. The minimum absolute atomic E-state index is 0.117. The van der Waals surface area contributed by atoms with Crippen LogP contribution in [-0.4, -0.2) is 40.5 Å². The first-order chi connectivity index (χ1) is 13.5. The molecule has 0 spiro atoms. The summed E-state index contributed by atoms with van der Waals surface area (Å²) in [5.41, 5.74) is 2.24. The van der Waals surface area contributed by atoms with Crippen LogP contribution in [-0.2, 0) is 11.3 Å². The Balaban J connectivity index is 1.70. The van der Waals surface area contributed by atoms with Gasteiger partial charge < -0.3 is 14.8 Å².